The second-order valence-electron chi connectivity index (χ2n) is 6.76. The third-order valence-electron chi connectivity index (χ3n) is 4.20. The number of aliphatic carboxylic acids is 1. The van der Waals surface area contributed by atoms with Gasteiger partial charge in [0, 0.05) is 13.1 Å². The molecule has 0 radical (unpaired) electrons. The molecule has 0 unspecified atom stereocenters. The first-order chi connectivity index (χ1) is 8.74. The predicted molar refractivity (Wildman–Crippen MR) is 69.8 cm³/mol. The third-order valence-corrected chi connectivity index (χ3v) is 4.20. The van der Waals surface area contributed by atoms with Crippen LogP contribution in [0.3, 0.4) is 0 Å². The average molecular weight is 269 g/mol. The summed E-state index contributed by atoms with van der Waals surface area (Å²) in [6.45, 7) is 6.27. The highest BCUT2D eigenvalue weighted by atomic mass is 16.6. The van der Waals surface area contributed by atoms with Gasteiger partial charge in [0.2, 0.25) is 0 Å². The van der Waals surface area contributed by atoms with E-state index in [1.165, 1.54) is 0 Å². The number of carboxylic acids is 1. The van der Waals surface area contributed by atoms with Gasteiger partial charge in [0.1, 0.15) is 5.60 Å². The maximum Gasteiger partial charge on any atom is 0.410 e. The van der Waals surface area contributed by atoms with Crippen LogP contribution < -0.4 is 0 Å². The molecule has 5 heteroatoms. The van der Waals surface area contributed by atoms with Crippen molar-refractivity contribution in [3.8, 4) is 0 Å². The van der Waals surface area contributed by atoms with E-state index in [4.69, 9.17) is 4.74 Å². The van der Waals surface area contributed by atoms with Crippen LogP contribution in [0, 0.1) is 11.3 Å². The van der Waals surface area contributed by atoms with Crippen molar-refractivity contribution in [2.45, 2.75) is 52.1 Å². The monoisotopic (exact) mass is 269 g/mol. The number of carbonyl (C=O) groups excluding carboxylic acids is 1. The first-order valence-electron chi connectivity index (χ1n) is 6.96. The summed E-state index contributed by atoms with van der Waals surface area (Å²) in [6.07, 6.45) is 3.17. The van der Waals surface area contributed by atoms with Gasteiger partial charge >= 0.3 is 12.1 Å². The van der Waals surface area contributed by atoms with Crippen molar-refractivity contribution >= 4 is 12.1 Å². The number of carboxylic acid groups (broad SMARTS) is 1. The number of rotatable bonds is 1. The second kappa shape index (κ2) is 4.69. The highest BCUT2D eigenvalue weighted by molar-refractivity contribution is 5.78. The zero-order chi connectivity index (χ0) is 14.3. The Morgan fingerprint density at radius 3 is 2.53 bits per heavy atom. The molecule has 2 aliphatic rings. The van der Waals surface area contributed by atoms with Crippen molar-refractivity contribution in [2.75, 3.05) is 13.1 Å². The minimum absolute atomic E-state index is 0.0752. The zero-order valence-corrected chi connectivity index (χ0v) is 11.9. The minimum atomic E-state index is -0.761. The summed E-state index contributed by atoms with van der Waals surface area (Å²) in [5, 5.41) is 9.55. The van der Waals surface area contributed by atoms with Crippen LogP contribution in [0.1, 0.15) is 46.5 Å². The van der Waals surface area contributed by atoms with Crippen molar-refractivity contribution < 1.29 is 19.4 Å². The highest BCUT2D eigenvalue weighted by Gasteiger charge is 2.54. The Balaban J connectivity index is 2.11. The van der Waals surface area contributed by atoms with Gasteiger partial charge in [-0.15, -0.1) is 0 Å². The van der Waals surface area contributed by atoms with Crippen LogP contribution >= 0.6 is 0 Å². The summed E-state index contributed by atoms with van der Waals surface area (Å²) in [7, 11) is 0. The molecule has 108 valence electrons. The van der Waals surface area contributed by atoms with E-state index in [2.05, 4.69) is 0 Å². The first-order valence-corrected chi connectivity index (χ1v) is 6.96. The van der Waals surface area contributed by atoms with Gasteiger partial charge in [0.05, 0.1) is 5.41 Å². The molecule has 0 aromatic carbocycles. The Kier molecular flexibility index (Phi) is 3.49. The van der Waals surface area contributed by atoms with Crippen LogP contribution in [0.5, 0.6) is 0 Å². The fraction of sp³-hybridized carbons (Fsp3) is 0.857. The van der Waals surface area contributed by atoms with Crippen molar-refractivity contribution in [3.05, 3.63) is 0 Å². The Bertz CT molecular complexity index is 387. The lowest BCUT2D eigenvalue weighted by Gasteiger charge is -2.34. The molecule has 0 bridgehead atoms. The molecule has 1 N–H and O–H groups in total. The van der Waals surface area contributed by atoms with E-state index in [0.717, 1.165) is 19.3 Å². The number of ether oxygens (including phenoxy) is 1. The summed E-state index contributed by atoms with van der Waals surface area (Å²) in [5.74, 6) is -0.686. The molecule has 1 aliphatic carbocycles. The van der Waals surface area contributed by atoms with Crippen LogP contribution in [-0.4, -0.2) is 40.8 Å². The molecule has 1 heterocycles. The fourth-order valence-electron chi connectivity index (χ4n) is 3.27. The summed E-state index contributed by atoms with van der Waals surface area (Å²) >= 11 is 0. The lowest BCUT2D eigenvalue weighted by atomic mass is 9.68. The zero-order valence-electron chi connectivity index (χ0n) is 11.9. The quantitative estimate of drug-likeness (QED) is 0.794. The van der Waals surface area contributed by atoms with E-state index >= 15 is 0 Å². The standard InChI is InChI=1S/C14H23NO4/c1-13(2,3)19-12(18)15-8-10-6-4-5-7-14(10,9-15)11(16)17/h10H,4-9H2,1-3H3,(H,16,17)/t10-,14-/m0/s1. The molecule has 1 amide bonds. The molecule has 2 rings (SSSR count). The molecule has 1 aliphatic heterocycles. The van der Waals surface area contributed by atoms with E-state index in [1.807, 2.05) is 20.8 Å². The second-order valence-corrected chi connectivity index (χ2v) is 6.76. The number of hydrogen-bond acceptors (Lipinski definition) is 3. The van der Waals surface area contributed by atoms with Crippen LogP contribution in [-0.2, 0) is 9.53 Å². The van der Waals surface area contributed by atoms with Crippen molar-refractivity contribution in [3.63, 3.8) is 0 Å². The smallest absolute Gasteiger partial charge is 0.410 e. The minimum Gasteiger partial charge on any atom is -0.481 e. The van der Waals surface area contributed by atoms with Gasteiger partial charge in [0.25, 0.3) is 0 Å². The van der Waals surface area contributed by atoms with Gasteiger partial charge < -0.3 is 14.7 Å². The molecule has 1 saturated heterocycles. The van der Waals surface area contributed by atoms with E-state index in [-0.39, 0.29) is 12.0 Å². The molecule has 19 heavy (non-hydrogen) atoms. The number of hydrogen-bond donors (Lipinski definition) is 1. The molecule has 2 fully saturated rings. The lowest BCUT2D eigenvalue weighted by Crippen LogP contribution is -2.42. The molecule has 5 nitrogen and oxygen atoms in total. The first kappa shape index (κ1) is 14.2. The van der Waals surface area contributed by atoms with Gasteiger partial charge in [-0.2, -0.15) is 0 Å². The summed E-state index contributed by atoms with van der Waals surface area (Å²) in [5.41, 5.74) is -1.28. The Morgan fingerprint density at radius 2 is 2.00 bits per heavy atom. The van der Waals surface area contributed by atoms with Gasteiger partial charge in [-0.05, 0) is 39.5 Å². The summed E-state index contributed by atoms with van der Waals surface area (Å²) < 4.78 is 5.35. The van der Waals surface area contributed by atoms with Crippen LogP contribution in [0.15, 0.2) is 0 Å². The third kappa shape index (κ3) is 2.69. The average Bonchev–Trinajstić information content (AvgIpc) is 2.67. The predicted octanol–water partition coefficient (Wildman–Crippen LogP) is 2.50. The largest absolute Gasteiger partial charge is 0.481 e. The van der Waals surface area contributed by atoms with Gasteiger partial charge in [-0.3, -0.25) is 4.79 Å². The number of nitrogens with zero attached hydrogens (tertiary/aromatic N) is 1. The van der Waals surface area contributed by atoms with Crippen LogP contribution in [0.2, 0.25) is 0 Å². The van der Waals surface area contributed by atoms with Crippen molar-refractivity contribution in [2.24, 2.45) is 11.3 Å². The highest BCUT2D eigenvalue weighted by Crippen LogP contribution is 2.47. The summed E-state index contributed by atoms with van der Waals surface area (Å²) in [4.78, 5) is 25.3. The summed E-state index contributed by atoms with van der Waals surface area (Å²) in [6, 6.07) is 0. The molecular formula is C14H23NO4. The maximum absolute atomic E-state index is 12.1. The number of likely N-dealkylation sites (tertiary alicyclic amines) is 1. The van der Waals surface area contributed by atoms with Crippen LogP contribution in [0.25, 0.3) is 0 Å². The molecule has 2 atom stereocenters. The topological polar surface area (TPSA) is 66.8 Å². The Hall–Kier alpha value is -1.26. The van der Waals surface area contributed by atoms with Gasteiger partial charge in [0.15, 0.2) is 0 Å². The van der Waals surface area contributed by atoms with Gasteiger partial charge in [-0.25, -0.2) is 4.79 Å². The Morgan fingerprint density at radius 1 is 1.32 bits per heavy atom. The van der Waals surface area contributed by atoms with Gasteiger partial charge in [-0.1, -0.05) is 12.8 Å². The van der Waals surface area contributed by atoms with E-state index in [9.17, 15) is 14.7 Å². The molecule has 0 spiro atoms. The maximum atomic E-state index is 12.1. The van der Waals surface area contributed by atoms with Crippen molar-refractivity contribution in [1.29, 1.82) is 0 Å². The molecule has 0 aromatic rings. The SMILES string of the molecule is CC(C)(C)OC(=O)N1C[C@@H]2CCCC[C@]2(C(=O)O)C1. The molecule has 1 saturated carbocycles. The van der Waals surface area contributed by atoms with Crippen LogP contribution in [0.4, 0.5) is 4.79 Å². The van der Waals surface area contributed by atoms with Crippen molar-refractivity contribution in [1.82, 2.24) is 4.90 Å². The van der Waals surface area contributed by atoms with E-state index < -0.39 is 17.0 Å². The number of carbonyl (C=O) groups is 2. The molecule has 0 aromatic heterocycles. The Labute approximate surface area is 113 Å². The normalized spacial score (nSPS) is 30.9. The van der Waals surface area contributed by atoms with E-state index in [0.29, 0.717) is 19.5 Å². The fourth-order valence-corrected chi connectivity index (χ4v) is 3.27. The number of fused-ring (bicyclic) bond motifs is 1. The van der Waals surface area contributed by atoms with E-state index in [1.54, 1.807) is 4.90 Å². The number of amides is 1. The molecular weight excluding hydrogens is 246 g/mol. The lowest BCUT2D eigenvalue weighted by molar-refractivity contribution is -0.152.